The Morgan fingerprint density at radius 2 is 2.10 bits per heavy atom. The van der Waals surface area contributed by atoms with Gasteiger partial charge in [0.2, 0.25) is 5.95 Å². The number of pyridine rings is 1. The van der Waals surface area contributed by atoms with Crippen molar-refractivity contribution >= 4 is 22.6 Å². The lowest BCUT2D eigenvalue weighted by atomic mass is 10.1. The van der Waals surface area contributed by atoms with Crippen molar-refractivity contribution < 1.29 is 17.9 Å². The molecule has 3 aromatic rings. The van der Waals surface area contributed by atoms with Crippen molar-refractivity contribution in [2.75, 3.05) is 25.0 Å². The van der Waals surface area contributed by atoms with Crippen molar-refractivity contribution in [3.63, 3.8) is 0 Å². The third kappa shape index (κ3) is 3.95. The van der Waals surface area contributed by atoms with Crippen LogP contribution < -0.4 is 10.6 Å². The molecule has 10 heteroatoms. The van der Waals surface area contributed by atoms with Gasteiger partial charge in [0.15, 0.2) is 0 Å². The van der Waals surface area contributed by atoms with Gasteiger partial charge in [0, 0.05) is 47.9 Å². The number of aromatic nitrogens is 4. The van der Waals surface area contributed by atoms with Crippen LogP contribution in [0.2, 0.25) is 0 Å². The van der Waals surface area contributed by atoms with Crippen LogP contribution in [0.15, 0.2) is 30.8 Å². The first-order valence-electron chi connectivity index (χ1n) is 10.2. The number of nitrogens with zero attached hydrogens (tertiary/aromatic N) is 3. The Kier molecular flexibility index (Phi) is 5.01. The smallest absolute Gasteiger partial charge is 0.419 e. The number of fused-ring (bicyclic) bond motifs is 1. The molecule has 1 saturated heterocycles. The van der Waals surface area contributed by atoms with E-state index in [1.807, 2.05) is 0 Å². The van der Waals surface area contributed by atoms with Crippen LogP contribution in [-0.2, 0) is 10.9 Å². The van der Waals surface area contributed by atoms with Crippen LogP contribution >= 0.6 is 0 Å². The number of aromatic amines is 1. The molecule has 0 unspecified atom stereocenters. The first-order valence-corrected chi connectivity index (χ1v) is 10.2. The van der Waals surface area contributed by atoms with E-state index in [1.54, 1.807) is 18.4 Å². The fraction of sp³-hybridized carbons (Fsp3) is 0.381. The second kappa shape index (κ2) is 7.84. The molecule has 2 aliphatic rings. The van der Waals surface area contributed by atoms with Gasteiger partial charge in [0.05, 0.1) is 24.3 Å². The Balaban J connectivity index is 1.55. The van der Waals surface area contributed by atoms with Crippen LogP contribution in [-0.4, -0.2) is 45.7 Å². The van der Waals surface area contributed by atoms with E-state index in [9.17, 15) is 13.2 Å². The number of H-pyrrole nitrogens is 1. The molecule has 3 aromatic heterocycles. The molecule has 1 fully saturated rings. The summed E-state index contributed by atoms with van der Waals surface area (Å²) in [6.07, 6.45) is 2.11. The number of ether oxygens (including phenoxy) is 1. The van der Waals surface area contributed by atoms with Gasteiger partial charge in [-0.25, -0.2) is 15.0 Å². The van der Waals surface area contributed by atoms with Crippen molar-refractivity contribution in [3.8, 4) is 11.3 Å². The minimum absolute atomic E-state index is 0.0763. The Hall–Kier alpha value is -3.14. The lowest BCUT2D eigenvalue weighted by Crippen LogP contribution is -2.38. The Morgan fingerprint density at radius 1 is 1.19 bits per heavy atom. The second-order valence-corrected chi connectivity index (χ2v) is 7.70. The summed E-state index contributed by atoms with van der Waals surface area (Å²) in [5.41, 5.74) is 1.49. The number of rotatable bonds is 4. The SMILES string of the molecule is FC(F)(F)c1cnc(N[C@H]2CCCNC2)nc1-c1c[nH]c2nc(C3=COCC3)ccc12. The van der Waals surface area contributed by atoms with Crippen molar-refractivity contribution in [2.24, 2.45) is 0 Å². The number of piperidine rings is 1. The predicted octanol–water partition coefficient (Wildman–Crippen LogP) is 3.96. The number of halogens is 3. The predicted molar refractivity (Wildman–Crippen MR) is 110 cm³/mol. The molecule has 0 radical (unpaired) electrons. The van der Waals surface area contributed by atoms with Crippen molar-refractivity contribution in [3.05, 3.63) is 42.0 Å². The molecule has 0 spiro atoms. The molecule has 0 saturated carbocycles. The van der Waals surface area contributed by atoms with E-state index in [2.05, 4.69) is 30.6 Å². The fourth-order valence-electron chi connectivity index (χ4n) is 3.98. The summed E-state index contributed by atoms with van der Waals surface area (Å²) in [6.45, 7) is 2.26. The van der Waals surface area contributed by atoms with Gasteiger partial charge in [0.25, 0.3) is 0 Å². The number of hydrogen-bond donors (Lipinski definition) is 3. The third-order valence-corrected chi connectivity index (χ3v) is 5.56. The van der Waals surface area contributed by atoms with E-state index in [0.29, 0.717) is 23.2 Å². The van der Waals surface area contributed by atoms with E-state index < -0.39 is 11.7 Å². The van der Waals surface area contributed by atoms with Gasteiger partial charge in [0.1, 0.15) is 11.2 Å². The first-order chi connectivity index (χ1) is 15.0. The van der Waals surface area contributed by atoms with Crippen LogP contribution in [0.1, 0.15) is 30.5 Å². The maximum Gasteiger partial charge on any atom is 0.419 e. The van der Waals surface area contributed by atoms with E-state index >= 15 is 0 Å². The Labute approximate surface area is 176 Å². The molecule has 5 rings (SSSR count). The lowest BCUT2D eigenvalue weighted by Gasteiger charge is -2.24. The molecule has 0 aliphatic carbocycles. The quantitative estimate of drug-likeness (QED) is 0.581. The van der Waals surface area contributed by atoms with Crippen LogP contribution in [0.25, 0.3) is 27.9 Å². The van der Waals surface area contributed by atoms with E-state index in [0.717, 1.165) is 49.8 Å². The van der Waals surface area contributed by atoms with Gasteiger partial charge in [-0.1, -0.05) is 0 Å². The highest BCUT2D eigenvalue weighted by Crippen LogP contribution is 2.38. The normalized spacial score (nSPS) is 19.3. The number of anilines is 1. The molecule has 31 heavy (non-hydrogen) atoms. The molecule has 1 atom stereocenters. The van der Waals surface area contributed by atoms with Gasteiger partial charge >= 0.3 is 6.18 Å². The molecule has 7 nitrogen and oxygen atoms in total. The van der Waals surface area contributed by atoms with Crippen LogP contribution in [0, 0.1) is 0 Å². The van der Waals surface area contributed by atoms with Gasteiger partial charge in [-0.05, 0) is 31.5 Å². The average Bonchev–Trinajstić information content (AvgIpc) is 3.43. The van der Waals surface area contributed by atoms with Crippen LogP contribution in [0.3, 0.4) is 0 Å². The molecule has 5 heterocycles. The monoisotopic (exact) mass is 430 g/mol. The molecule has 0 bridgehead atoms. The highest BCUT2D eigenvalue weighted by atomic mass is 19.4. The molecule has 2 aliphatic heterocycles. The summed E-state index contributed by atoms with van der Waals surface area (Å²) < 4.78 is 46.5. The standard InChI is InChI=1S/C21H21F3N6O/c22-21(23,24)16-10-27-20(28-13-2-1-6-25-8-13)30-18(16)15-9-26-19-14(15)3-4-17(29-19)12-5-7-31-11-12/h3-4,9-11,13,25H,1-2,5-8H2,(H,26,29)(H,27,28,30)/t13-/m0/s1. The minimum atomic E-state index is -4.58. The molecular formula is C21H21F3N6O. The Bertz CT molecular complexity index is 1130. The average molecular weight is 430 g/mol. The summed E-state index contributed by atoms with van der Waals surface area (Å²) in [4.78, 5) is 15.8. The van der Waals surface area contributed by atoms with Crippen molar-refractivity contribution in [1.29, 1.82) is 0 Å². The molecule has 0 amide bonds. The van der Waals surface area contributed by atoms with E-state index in [1.165, 1.54) is 6.20 Å². The topological polar surface area (TPSA) is 87.8 Å². The lowest BCUT2D eigenvalue weighted by molar-refractivity contribution is -0.137. The van der Waals surface area contributed by atoms with Crippen LogP contribution in [0.5, 0.6) is 0 Å². The summed E-state index contributed by atoms with van der Waals surface area (Å²) >= 11 is 0. The summed E-state index contributed by atoms with van der Waals surface area (Å²) in [5, 5.41) is 6.98. The number of alkyl halides is 3. The largest absolute Gasteiger partial charge is 0.500 e. The van der Waals surface area contributed by atoms with E-state index in [-0.39, 0.29) is 17.7 Å². The highest BCUT2D eigenvalue weighted by Gasteiger charge is 2.36. The zero-order valence-electron chi connectivity index (χ0n) is 16.6. The number of nitrogens with one attached hydrogen (secondary N) is 3. The van der Waals surface area contributed by atoms with Crippen molar-refractivity contribution in [1.82, 2.24) is 25.3 Å². The molecular weight excluding hydrogens is 409 g/mol. The van der Waals surface area contributed by atoms with Crippen LogP contribution in [0.4, 0.5) is 19.1 Å². The highest BCUT2D eigenvalue weighted by molar-refractivity contribution is 5.94. The molecule has 162 valence electrons. The van der Waals surface area contributed by atoms with Gasteiger partial charge in [-0.3, -0.25) is 0 Å². The summed E-state index contributed by atoms with van der Waals surface area (Å²) in [5.74, 6) is 0.184. The van der Waals surface area contributed by atoms with Gasteiger partial charge in [-0.2, -0.15) is 13.2 Å². The van der Waals surface area contributed by atoms with Gasteiger partial charge < -0.3 is 20.4 Å². The molecule has 0 aromatic carbocycles. The summed E-state index contributed by atoms with van der Waals surface area (Å²) in [6, 6.07) is 3.64. The van der Waals surface area contributed by atoms with Gasteiger partial charge in [-0.15, -0.1) is 0 Å². The van der Waals surface area contributed by atoms with E-state index in [4.69, 9.17) is 4.74 Å². The molecule has 3 N–H and O–H groups in total. The fourth-order valence-corrected chi connectivity index (χ4v) is 3.98. The second-order valence-electron chi connectivity index (χ2n) is 7.70. The third-order valence-electron chi connectivity index (χ3n) is 5.56. The minimum Gasteiger partial charge on any atom is -0.500 e. The zero-order chi connectivity index (χ0) is 21.4. The first kappa shape index (κ1) is 19.8. The summed E-state index contributed by atoms with van der Waals surface area (Å²) in [7, 11) is 0. The Morgan fingerprint density at radius 3 is 2.84 bits per heavy atom. The maximum absolute atomic E-state index is 13.7. The zero-order valence-corrected chi connectivity index (χ0v) is 16.6. The maximum atomic E-state index is 13.7. The number of hydrogen-bond acceptors (Lipinski definition) is 6. The van der Waals surface area contributed by atoms with Crippen molar-refractivity contribution in [2.45, 2.75) is 31.5 Å².